The summed E-state index contributed by atoms with van der Waals surface area (Å²) in [4.78, 5) is 24.6. The molecule has 1 amide bonds. The lowest BCUT2D eigenvalue weighted by Crippen LogP contribution is -2.30. The summed E-state index contributed by atoms with van der Waals surface area (Å²) in [5.74, 6) is -0.619. The number of amides is 1. The predicted octanol–water partition coefficient (Wildman–Crippen LogP) is 3.54. The highest BCUT2D eigenvalue weighted by molar-refractivity contribution is 5.97. The molecule has 0 aliphatic carbocycles. The van der Waals surface area contributed by atoms with Crippen molar-refractivity contribution in [2.75, 3.05) is 5.32 Å². The number of aryl methyl sites for hydroxylation is 2. The largest absolute Gasteiger partial charge is 0.449 e. The number of rotatable bonds is 5. The van der Waals surface area contributed by atoms with Crippen molar-refractivity contribution >= 4 is 17.6 Å². The maximum atomic E-state index is 12.3. The lowest BCUT2D eigenvalue weighted by Gasteiger charge is -2.15. The Morgan fingerprint density at radius 1 is 1.11 bits per heavy atom. The number of aromatic nitrogens is 2. The predicted molar refractivity (Wildman–Crippen MR) is 99.2 cm³/mol. The Bertz CT molecular complexity index is 950. The molecule has 7 nitrogen and oxygen atoms in total. The number of benzene rings is 2. The molecule has 1 aromatic heterocycles. The van der Waals surface area contributed by atoms with Crippen LogP contribution < -0.4 is 5.32 Å². The zero-order valence-corrected chi connectivity index (χ0v) is 15.2. The molecule has 0 fully saturated rings. The van der Waals surface area contributed by atoms with Gasteiger partial charge < -0.3 is 14.5 Å². The SMILES string of the molecule is Cc1ccc(C)c(NC(=O)[C@H](C)OC(=O)c2ccc(-c3nnco3)cc2)c1. The lowest BCUT2D eigenvalue weighted by molar-refractivity contribution is -0.123. The summed E-state index contributed by atoms with van der Waals surface area (Å²) in [5.41, 5.74) is 3.67. The molecule has 2 aromatic carbocycles. The third kappa shape index (κ3) is 4.38. The third-order valence-corrected chi connectivity index (χ3v) is 4.03. The van der Waals surface area contributed by atoms with Crippen molar-refractivity contribution in [3.8, 4) is 11.5 Å². The summed E-state index contributed by atoms with van der Waals surface area (Å²) in [6.07, 6.45) is 0.293. The zero-order chi connectivity index (χ0) is 19.4. The Balaban J connectivity index is 1.63. The second kappa shape index (κ2) is 7.82. The van der Waals surface area contributed by atoms with E-state index in [9.17, 15) is 9.59 Å². The molecule has 138 valence electrons. The summed E-state index contributed by atoms with van der Waals surface area (Å²) < 4.78 is 10.4. The number of carbonyl (C=O) groups excluding carboxylic acids is 2. The van der Waals surface area contributed by atoms with Gasteiger partial charge in [-0.05, 0) is 62.2 Å². The normalized spacial score (nSPS) is 11.7. The Morgan fingerprint density at radius 2 is 1.85 bits per heavy atom. The van der Waals surface area contributed by atoms with Crippen molar-refractivity contribution in [1.29, 1.82) is 0 Å². The van der Waals surface area contributed by atoms with Gasteiger partial charge >= 0.3 is 5.97 Å². The van der Waals surface area contributed by atoms with E-state index < -0.39 is 12.1 Å². The fourth-order valence-electron chi connectivity index (χ4n) is 2.43. The van der Waals surface area contributed by atoms with Gasteiger partial charge in [-0.15, -0.1) is 10.2 Å². The van der Waals surface area contributed by atoms with E-state index in [-0.39, 0.29) is 5.91 Å². The maximum Gasteiger partial charge on any atom is 0.338 e. The van der Waals surface area contributed by atoms with E-state index in [1.165, 1.54) is 13.3 Å². The lowest BCUT2D eigenvalue weighted by atomic mass is 10.1. The molecule has 0 bridgehead atoms. The first kappa shape index (κ1) is 18.3. The van der Waals surface area contributed by atoms with Gasteiger partial charge in [0.1, 0.15) is 0 Å². The number of carbonyl (C=O) groups is 2. The Kier molecular flexibility index (Phi) is 5.30. The number of nitrogens with zero attached hydrogens (tertiary/aromatic N) is 2. The minimum absolute atomic E-state index is 0.324. The number of esters is 1. The molecule has 1 heterocycles. The first-order valence-electron chi connectivity index (χ1n) is 8.40. The van der Waals surface area contributed by atoms with Gasteiger partial charge in [0, 0.05) is 11.3 Å². The average molecular weight is 365 g/mol. The minimum Gasteiger partial charge on any atom is -0.449 e. The van der Waals surface area contributed by atoms with Crippen LogP contribution in [-0.4, -0.2) is 28.2 Å². The molecule has 0 spiro atoms. The van der Waals surface area contributed by atoms with Crippen LogP contribution >= 0.6 is 0 Å². The highest BCUT2D eigenvalue weighted by Gasteiger charge is 2.20. The number of ether oxygens (including phenoxy) is 1. The van der Waals surface area contributed by atoms with Crippen LogP contribution in [0.1, 0.15) is 28.4 Å². The summed E-state index contributed by atoms with van der Waals surface area (Å²) in [6, 6.07) is 12.3. The topological polar surface area (TPSA) is 94.3 Å². The van der Waals surface area contributed by atoms with Crippen molar-refractivity contribution in [2.24, 2.45) is 0 Å². The Hall–Kier alpha value is -3.48. The van der Waals surface area contributed by atoms with Crippen LogP contribution in [-0.2, 0) is 9.53 Å². The first-order valence-corrected chi connectivity index (χ1v) is 8.40. The quantitative estimate of drug-likeness (QED) is 0.695. The van der Waals surface area contributed by atoms with E-state index in [1.54, 1.807) is 24.3 Å². The van der Waals surface area contributed by atoms with Crippen molar-refractivity contribution < 1.29 is 18.7 Å². The molecule has 0 aliphatic rings. The second-order valence-electron chi connectivity index (χ2n) is 6.18. The summed E-state index contributed by atoms with van der Waals surface area (Å²) in [7, 11) is 0. The van der Waals surface area contributed by atoms with Crippen molar-refractivity contribution in [3.63, 3.8) is 0 Å². The number of hydrogen-bond donors (Lipinski definition) is 1. The van der Waals surface area contributed by atoms with E-state index in [4.69, 9.17) is 9.15 Å². The molecule has 1 atom stereocenters. The van der Waals surface area contributed by atoms with Gasteiger partial charge in [-0.25, -0.2) is 4.79 Å². The fraction of sp³-hybridized carbons (Fsp3) is 0.200. The summed E-state index contributed by atoms with van der Waals surface area (Å²) in [6.45, 7) is 5.37. The van der Waals surface area contributed by atoms with Crippen LogP contribution in [0.2, 0.25) is 0 Å². The number of hydrogen-bond acceptors (Lipinski definition) is 6. The number of nitrogens with one attached hydrogen (secondary N) is 1. The third-order valence-electron chi connectivity index (χ3n) is 4.03. The zero-order valence-electron chi connectivity index (χ0n) is 15.2. The Morgan fingerprint density at radius 3 is 2.52 bits per heavy atom. The van der Waals surface area contributed by atoms with Gasteiger partial charge in [0.15, 0.2) is 6.10 Å². The van der Waals surface area contributed by atoms with Crippen LogP contribution in [0.4, 0.5) is 5.69 Å². The highest BCUT2D eigenvalue weighted by atomic mass is 16.5. The summed E-state index contributed by atoms with van der Waals surface area (Å²) >= 11 is 0. The van der Waals surface area contributed by atoms with Crippen LogP contribution in [0.5, 0.6) is 0 Å². The van der Waals surface area contributed by atoms with Gasteiger partial charge in [-0.1, -0.05) is 12.1 Å². The molecular formula is C20H19N3O4. The van der Waals surface area contributed by atoms with Crippen LogP contribution in [0, 0.1) is 13.8 Å². The first-order chi connectivity index (χ1) is 12.9. The highest BCUT2D eigenvalue weighted by Crippen LogP contribution is 2.19. The van der Waals surface area contributed by atoms with Crippen LogP contribution in [0.3, 0.4) is 0 Å². The molecule has 0 aliphatic heterocycles. The van der Waals surface area contributed by atoms with Gasteiger partial charge in [-0.3, -0.25) is 4.79 Å². The fourth-order valence-corrected chi connectivity index (χ4v) is 2.43. The van der Waals surface area contributed by atoms with E-state index in [2.05, 4.69) is 15.5 Å². The van der Waals surface area contributed by atoms with Gasteiger partial charge in [-0.2, -0.15) is 0 Å². The standard InChI is InChI=1S/C20H19N3O4/c1-12-4-5-13(2)17(10-12)22-18(24)14(3)27-20(25)16-8-6-15(7-9-16)19-23-21-11-26-19/h4-11,14H,1-3H3,(H,22,24)/t14-/m0/s1. The molecule has 7 heteroatoms. The molecule has 0 saturated heterocycles. The van der Waals surface area contributed by atoms with Crippen molar-refractivity contribution in [3.05, 3.63) is 65.5 Å². The van der Waals surface area contributed by atoms with E-state index in [0.29, 0.717) is 22.7 Å². The van der Waals surface area contributed by atoms with Gasteiger partial charge in [0.25, 0.3) is 5.91 Å². The monoisotopic (exact) mass is 365 g/mol. The molecule has 0 unspecified atom stereocenters. The molecule has 0 radical (unpaired) electrons. The maximum absolute atomic E-state index is 12.3. The van der Waals surface area contributed by atoms with E-state index in [0.717, 1.165) is 11.1 Å². The Labute approximate surface area is 156 Å². The average Bonchev–Trinajstić information content (AvgIpc) is 3.19. The van der Waals surface area contributed by atoms with Crippen molar-refractivity contribution in [2.45, 2.75) is 26.9 Å². The molecule has 27 heavy (non-hydrogen) atoms. The van der Waals surface area contributed by atoms with Crippen LogP contribution in [0.25, 0.3) is 11.5 Å². The summed E-state index contributed by atoms with van der Waals surface area (Å²) in [5, 5.41) is 10.2. The van der Waals surface area contributed by atoms with Gasteiger partial charge in [0.2, 0.25) is 12.3 Å². The molecule has 1 N–H and O–H groups in total. The van der Waals surface area contributed by atoms with Crippen LogP contribution in [0.15, 0.2) is 53.3 Å². The minimum atomic E-state index is -0.937. The molecule has 0 saturated carbocycles. The second-order valence-corrected chi connectivity index (χ2v) is 6.18. The molecule has 3 aromatic rings. The number of anilines is 1. The van der Waals surface area contributed by atoms with E-state index >= 15 is 0 Å². The smallest absolute Gasteiger partial charge is 0.338 e. The molecule has 3 rings (SSSR count). The van der Waals surface area contributed by atoms with Gasteiger partial charge in [0.05, 0.1) is 5.56 Å². The van der Waals surface area contributed by atoms with E-state index in [1.807, 2.05) is 32.0 Å². The molecular weight excluding hydrogens is 346 g/mol. The van der Waals surface area contributed by atoms with Crippen molar-refractivity contribution in [1.82, 2.24) is 10.2 Å².